The van der Waals surface area contributed by atoms with Gasteiger partial charge in [-0.25, -0.2) is 0 Å². The first kappa shape index (κ1) is 11.9. The molecule has 0 radical (unpaired) electrons. The van der Waals surface area contributed by atoms with Gasteiger partial charge in [-0.1, -0.05) is 47.1 Å². The molecule has 2 unspecified atom stereocenters. The van der Waals surface area contributed by atoms with E-state index in [0.29, 0.717) is 12.0 Å². The van der Waals surface area contributed by atoms with Crippen molar-refractivity contribution in [3.63, 3.8) is 0 Å². The lowest BCUT2D eigenvalue weighted by Crippen LogP contribution is -2.29. The number of rotatable bonds is 1. The minimum atomic E-state index is 0.247. The van der Waals surface area contributed by atoms with E-state index in [1.165, 1.54) is 30.5 Å². The second-order valence-electron chi connectivity index (χ2n) is 6.66. The molecule has 1 fully saturated rings. The van der Waals surface area contributed by atoms with Crippen LogP contribution < -0.4 is 0 Å². The molecule has 16 heavy (non-hydrogen) atoms. The summed E-state index contributed by atoms with van der Waals surface area (Å²) in [7, 11) is 0. The third-order valence-electron chi connectivity index (χ3n) is 3.85. The Morgan fingerprint density at radius 1 is 1.25 bits per heavy atom. The predicted octanol–water partition coefficient (Wildman–Crippen LogP) is 4.24. The van der Waals surface area contributed by atoms with Gasteiger partial charge in [-0.2, -0.15) is 0 Å². The topological polar surface area (TPSA) is 12.4 Å². The Balaban J connectivity index is 2.36. The van der Waals surface area contributed by atoms with Crippen molar-refractivity contribution >= 4 is 5.71 Å². The van der Waals surface area contributed by atoms with Gasteiger partial charge in [-0.3, -0.25) is 4.99 Å². The van der Waals surface area contributed by atoms with Gasteiger partial charge in [0.05, 0.1) is 6.04 Å². The summed E-state index contributed by atoms with van der Waals surface area (Å²) in [4.78, 5) is 5.04. The Bertz CT molecular complexity index is 328. The number of aliphatic imine (C=N–C) groups is 1. The Morgan fingerprint density at radius 2 is 1.94 bits per heavy atom. The number of dihydropyridines is 1. The predicted molar refractivity (Wildman–Crippen MR) is 70.9 cm³/mol. The summed E-state index contributed by atoms with van der Waals surface area (Å²) >= 11 is 0. The Morgan fingerprint density at radius 3 is 2.50 bits per heavy atom. The average molecular weight is 219 g/mol. The molecule has 1 aliphatic carbocycles. The molecule has 2 aliphatic rings. The molecule has 0 aromatic rings. The van der Waals surface area contributed by atoms with Crippen molar-refractivity contribution in [1.82, 2.24) is 0 Å². The van der Waals surface area contributed by atoms with Crippen molar-refractivity contribution in [3.8, 4) is 0 Å². The van der Waals surface area contributed by atoms with Crippen LogP contribution in [0.5, 0.6) is 0 Å². The first-order valence-corrected chi connectivity index (χ1v) is 6.70. The summed E-state index contributed by atoms with van der Waals surface area (Å²) in [5.74, 6) is 1.30. The Hall–Kier alpha value is -0.590. The molecular weight excluding hydrogens is 194 g/mol. The highest BCUT2D eigenvalue weighted by Crippen LogP contribution is 2.40. The number of fused-ring (bicyclic) bond motifs is 1. The van der Waals surface area contributed by atoms with Crippen LogP contribution in [0.1, 0.15) is 53.9 Å². The van der Waals surface area contributed by atoms with Crippen LogP contribution in [0.4, 0.5) is 0 Å². The van der Waals surface area contributed by atoms with Crippen LogP contribution in [0, 0.1) is 17.3 Å². The molecule has 2 rings (SSSR count). The maximum Gasteiger partial charge on any atom is 0.0565 e. The minimum absolute atomic E-state index is 0.247. The average Bonchev–Trinajstić information content (AvgIpc) is 2.60. The van der Waals surface area contributed by atoms with E-state index in [4.69, 9.17) is 4.99 Å². The van der Waals surface area contributed by atoms with Crippen LogP contribution in [0.25, 0.3) is 0 Å². The van der Waals surface area contributed by atoms with Crippen molar-refractivity contribution in [2.45, 2.75) is 59.9 Å². The maximum absolute atomic E-state index is 5.04. The molecule has 90 valence electrons. The van der Waals surface area contributed by atoms with Crippen molar-refractivity contribution in [3.05, 3.63) is 11.6 Å². The zero-order chi connectivity index (χ0) is 11.9. The molecule has 1 aliphatic heterocycles. The van der Waals surface area contributed by atoms with Gasteiger partial charge < -0.3 is 0 Å². The molecule has 0 N–H and O–H groups in total. The fourth-order valence-corrected chi connectivity index (χ4v) is 2.97. The van der Waals surface area contributed by atoms with Gasteiger partial charge in [0.1, 0.15) is 0 Å². The van der Waals surface area contributed by atoms with E-state index in [1.54, 1.807) is 0 Å². The van der Waals surface area contributed by atoms with Crippen LogP contribution in [-0.2, 0) is 0 Å². The summed E-state index contributed by atoms with van der Waals surface area (Å²) in [5.41, 5.74) is 3.12. The van der Waals surface area contributed by atoms with E-state index >= 15 is 0 Å². The fraction of sp³-hybridized carbons (Fsp3) is 0.800. The monoisotopic (exact) mass is 219 g/mol. The summed E-state index contributed by atoms with van der Waals surface area (Å²) in [5, 5.41) is 0. The highest BCUT2D eigenvalue weighted by Gasteiger charge is 2.34. The zero-order valence-electron chi connectivity index (χ0n) is 11.4. The van der Waals surface area contributed by atoms with Gasteiger partial charge in [0.15, 0.2) is 0 Å². The van der Waals surface area contributed by atoms with Gasteiger partial charge in [-0.05, 0) is 35.7 Å². The largest absolute Gasteiger partial charge is 0.285 e. The van der Waals surface area contributed by atoms with Crippen LogP contribution in [0.3, 0.4) is 0 Å². The molecule has 0 saturated heterocycles. The molecule has 1 heterocycles. The molecule has 1 nitrogen and oxygen atoms in total. The second kappa shape index (κ2) is 4.01. The summed E-state index contributed by atoms with van der Waals surface area (Å²) in [6.45, 7) is 11.5. The molecule has 2 atom stereocenters. The van der Waals surface area contributed by atoms with E-state index in [1.807, 2.05) is 0 Å². The smallest absolute Gasteiger partial charge is 0.0565 e. The molecule has 0 bridgehead atoms. The number of allylic oxidation sites excluding steroid dienone is 1. The highest BCUT2D eigenvalue weighted by molar-refractivity contribution is 6.03. The molecule has 0 aromatic carbocycles. The van der Waals surface area contributed by atoms with E-state index in [2.05, 4.69) is 40.7 Å². The van der Waals surface area contributed by atoms with Gasteiger partial charge in [0, 0.05) is 5.71 Å². The number of hydrogen-bond donors (Lipinski definition) is 0. The van der Waals surface area contributed by atoms with Gasteiger partial charge in [0.2, 0.25) is 0 Å². The summed E-state index contributed by atoms with van der Waals surface area (Å²) in [6, 6.07) is 0.600. The first-order chi connectivity index (χ1) is 7.39. The summed E-state index contributed by atoms with van der Waals surface area (Å²) < 4.78 is 0. The maximum atomic E-state index is 5.04. The van der Waals surface area contributed by atoms with Crippen molar-refractivity contribution in [2.75, 3.05) is 0 Å². The van der Waals surface area contributed by atoms with Crippen molar-refractivity contribution < 1.29 is 0 Å². The summed E-state index contributed by atoms with van der Waals surface area (Å²) in [6.07, 6.45) is 6.55. The van der Waals surface area contributed by atoms with Gasteiger partial charge in [-0.15, -0.1) is 0 Å². The van der Waals surface area contributed by atoms with E-state index in [9.17, 15) is 0 Å². The number of hydrogen-bond acceptors (Lipinski definition) is 1. The third kappa shape index (κ3) is 2.09. The van der Waals surface area contributed by atoms with E-state index < -0.39 is 0 Å². The second-order valence-corrected chi connectivity index (χ2v) is 6.66. The molecule has 0 amide bonds. The number of nitrogens with zero attached hydrogens (tertiary/aromatic N) is 1. The lowest BCUT2D eigenvalue weighted by molar-refractivity contribution is 0.486. The lowest BCUT2D eigenvalue weighted by atomic mass is 9.76. The van der Waals surface area contributed by atoms with Crippen molar-refractivity contribution in [2.24, 2.45) is 22.2 Å². The van der Waals surface area contributed by atoms with Crippen molar-refractivity contribution in [1.29, 1.82) is 0 Å². The highest BCUT2D eigenvalue weighted by atomic mass is 14.8. The fourth-order valence-electron chi connectivity index (χ4n) is 2.97. The van der Waals surface area contributed by atoms with Crippen LogP contribution in [0.15, 0.2) is 16.6 Å². The first-order valence-electron chi connectivity index (χ1n) is 6.70. The normalized spacial score (nSPS) is 30.1. The SMILES string of the molecule is CC(C)C1=NC2CCCC2C=C1C(C)(C)C. The standard InChI is InChI=1S/C15H25N/c1-10(2)14-12(15(3,4)5)9-11-7-6-8-13(11)16-14/h9-11,13H,6-8H2,1-5H3. The minimum Gasteiger partial charge on any atom is -0.285 e. The quantitative estimate of drug-likeness (QED) is 0.625. The molecule has 1 saturated carbocycles. The van der Waals surface area contributed by atoms with Gasteiger partial charge >= 0.3 is 0 Å². The molecule has 0 spiro atoms. The van der Waals surface area contributed by atoms with Crippen LogP contribution in [-0.4, -0.2) is 11.8 Å². The Kier molecular flexibility index (Phi) is 2.98. The van der Waals surface area contributed by atoms with Crippen LogP contribution in [0.2, 0.25) is 0 Å². The Labute approximate surface area is 100 Å². The third-order valence-corrected chi connectivity index (χ3v) is 3.85. The van der Waals surface area contributed by atoms with E-state index in [-0.39, 0.29) is 5.41 Å². The van der Waals surface area contributed by atoms with Gasteiger partial charge in [0.25, 0.3) is 0 Å². The molecule has 1 heteroatoms. The van der Waals surface area contributed by atoms with E-state index in [0.717, 1.165) is 5.92 Å². The van der Waals surface area contributed by atoms with Crippen LogP contribution >= 0.6 is 0 Å². The zero-order valence-corrected chi connectivity index (χ0v) is 11.4. The lowest BCUT2D eigenvalue weighted by Gasteiger charge is -2.33. The molecular formula is C15H25N. The molecule has 0 aromatic heterocycles.